The number of nitrogens with zero attached hydrogens (tertiary/aromatic N) is 1. The highest BCUT2D eigenvalue weighted by Gasteiger charge is 2.57. The molecule has 1 aliphatic heterocycles. The highest BCUT2D eigenvalue weighted by molar-refractivity contribution is 6.32. The van der Waals surface area contributed by atoms with Crippen molar-refractivity contribution in [3.05, 3.63) is 33.1 Å². The second-order valence-electron chi connectivity index (χ2n) is 4.64. The molecular formula is C12H12Cl2N2O5. The van der Waals surface area contributed by atoms with Crippen LogP contribution in [-0.2, 0) is 4.74 Å². The van der Waals surface area contributed by atoms with Gasteiger partial charge in [-0.3, -0.25) is 14.3 Å². The maximum atomic E-state index is 11.8. The third-order valence-corrected chi connectivity index (χ3v) is 3.80. The van der Waals surface area contributed by atoms with Crippen molar-refractivity contribution in [1.29, 1.82) is 0 Å². The summed E-state index contributed by atoms with van der Waals surface area (Å²) in [6, 6.07) is 1.10. The number of nitrogens with one attached hydrogen (secondary N) is 1. The van der Waals surface area contributed by atoms with Gasteiger partial charge in [-0.1, -0.05) is 17.5 Å². The fourth-order valence-electron chi connectivity index (χ4n) is 2.17. The molecule has 9 heteroatoms. The Balaban J connectivity index is 2.56. The van der Waals surface area contributed by atoms with Gasteiger partial charge >= 0.3 is 5.69 Å². The highest BCUT2D eigenvalue weighted by atomic mass is 35.5. The molecule has 5 atom stereocenters. The van der Waals surface area contributed by atoms with Crippen LogP contribution in [0.15, 0.2) is 21.9 Å². The molecule has 0 aliphatic carbocycles. The summed E-state index contributed by atoms with van der Waals surface area (Å²) in [5.41, 5.74) is -1.38. The van der Waals surface area contributed by atoms with E-state index in [0.717, 1.165) is 16.8 Å². The molecular weight excluding hydrogens is 323 g/mol. The number of halogens is 2. The number of H-pyrrole nitrogens is 1. The van der Waals surface area contributed by atoms with Crippen LogP contribution >= 0.6 is 23.2 Å². The van der Waals surface area contributed by atoms with E-state index in [1.54, 1.807) is 0 Å². The van der Waals surface area contributed by atoms with Gasteiger partial charge in [-0.15, -0.1) is 0 Å². The number of hydrogen-bond acceptors (Lipinski definition) is 5. The van der Waals surface area contributed by atoms with Gasteiger partial charge in [0.2, 0.25) is 0 Å². The number of aliphatic hydroxyl groups is 2. The summed E-state index contributed by atoms with van der Waals surface area (Å²) < 4.78 is 6.43. The minimum absolute atomic E-state index is 0.592. The van der Waals surface area contributed by atoms with Gasteiger partial charge in [0, 0.05) is 17.6 Å². The first-order chi connectivity index (χ1) is 9.81. The second-order valence-corrected chi connectivity index (χ2v) is 5.46. The molecule has 0 bridgehead atoms. The lowest BCUT2D eigenvalue weighted by atomic mass is 9.97. The van der Waals surface area contributed by atoms with E-state index in [4.69, 9.17) is 27.9 Å². The largest absolute Gasteiger partial charge is 0.391 e. The number of ether oxygens (including phenoxy) is 1. The normalized spacial score (nSPS) is 33.3. The first-order valence-electron chi connectivity index (χ1n) is 5.96. The SMILES string of the molecule is C[C@@H](O)[C@H]1O[C@@H](n2ccc(=O)[nH]c2=O)C(Cl)(C#CCl)[C@H]1O. The van der Waals surface area contributed by atoms with E-state index < -0.39 is 40.7 Å². The predicted molar refractivity (Wildman–Crippen MR) is 75.1 cm³/mol. The average Bonchev–Trinajstić information content (AvgIpc) is 2.64. The molecule has 7 nitrogen and oxygen atoms in total. The number of aliphatic hydroxyl groups excluding tert-OH is 2. The molecule has 1 aromatic heterocycles. The van der Waals surface area contributed by atoms with Crippen LogP contribution in [0.1, 0.15) is 13.2 Å². The van der Waals surface area contributed by atoms with Gasteiger partial charge in [-0.05, 0) is 18.5 Å². The number of aromatic amines is 1. The van der Waals surface area contributed by atoms with Crippen LogP contribution in [0, 0.1) is 11.3 Å². The summed E-state index contributed by atoms with van der Waals surface area (Å²) in [6.07, 6.45) is -3.59. The summed E-state index contributed by atoms with van der Waals surface area (Å²) in [4.78, 5) is 23.2. The Kier molecular flexibility index (Phi) is 4.46. The third kappa shape index (κ3) is 2.73. The molecule has 0 aromatic carbocycles. The Morgan fingerprint density at radius 3 is 2.76 bits per heavy atom. The van der Waals surface area contributed by atoms with E-state index in [2.05, 4.69) is 11.3 Å². The fourth-order valence-corrected chi connectivity index (χ4v) is 2.71. The van der Waals surface area contributed by atoms with E-state index in [9.17, 15) is 19.8 Å². The zero-order valence-corrected chi connectivity index (χ0v) is 12.3. The van der Waals surface area contributed by atoms with Crippen LogP contribution in [-0.4, -0.2) is 43.0 Å². The summed E-state index contributed by atoms with van der Waals surface area (Å²) in [5.74, 6) is 2.39. The van der Waals surface area contributed by atoms with E-state index in [-0.39, 0.29) is 0 Å². The van der Waals surface area contributed by atoms with Crippen molar-refractivity contribution in [3.63, 3.8) is 0 Å². The summed E-state index contributed by atoms with van der Waals surface area (Å²) in [5, 5.41) is 21.9. The van der Waals surface area contributed by atoms with Crippen LogP contribution in [0.3, 0.4) is 0 Å². The molecule has 0 amide bonds. The van der Waals surface area contributed by atoms with Crippen molar-refractivity contribution in [1.82, 2.24) is 9.55 Å². The molecule has 114 valence electrons. The first-order valence-corrected chi connectivity index (χ1v) is 6.71. The van der Waals surface area contributed by atoms with Crippen molar-refractivity contribution in [2.24, 2.45) is 0 Å². The first kappa shape index (κ1) is 16.1. The molecule has 0 saturated carbocycles. The van der Waals surface area contributed by atoms with Gasteiger partial charge in [0.05, 0.1) is 6.10 Å². The van der Waals surface area contributed by atoms with Gasteiger partial charge in [0.15, 0.2) is 11.1 Å². The molecule has 1 saturated heterocycles. The number of hydrogen-bond donors (Lipinski definition) is 3. The van der Waals surface area contributed by atoms with Crippen molar-refractivity contribution in [2.45, 2.75) is 36.3 Å². The Labute approximate surface area is 129 Å². The molecule has 1 aromatic rings. The quantitative estimate of drug-likeness (QED) is 0.492. The van der Waals surface area contributed by atoms with E-state index >= 15 is 0 Å². The van der Waals surface area contributed by atoms with Gasteiger partial charge in [0.1, 0.15) is 12.2 Å². The molecule has 2 heterocycles. The molecule has 1 unspecified atom stereocenters. The average molecular weight is 335 g/mol. The predicted octanol–water partition coefficient (Wildman–Crippen LogP) is -0.647. The maximum Gasteiger partial charge on any atom is 0.330 e. The van der Waals surface area contributed by atoms with Gasteiger partial charge in [-0.25, -0.2) is 4.79 Å². The summed E-state index contributed by atoms with van der Waals surface area (Å²) >= 11 is 11.6. The third-order valence-electron chi connectivity index (χ3n) is 3.21. The Morgan fingerprint density at radius 1 is 1.57 bits per heavy atom. The molecule has 1 aliphatic rings. The highest BCUT2D eigenvalue weighted by Crippen LogP contribution is 2.43. The smallest absolute Gasteiger partial charge is 0.330 e. The molecule has 0 radical (unpaired) electrons. The van der Waals surface area contributed by atoms with Crippen molar-refractivity contribution in [3.8, 4) is 11.3 Å². The van der Waals surface area contributed by atoms with E-state index in [0.29, 0.717) is 0 Å². The lowest BCUT2D eigenvalue weighted by Crippen LogP contribution is -2.45. The zero-order chi connectivity index (χ0) is 15.8. The maximum absolute atomic E-state index is 11.8. The summed E-state index contributed by atoms with van der Waals surface area (Å²) in [7, 11) is 0. The van der Waals surface area contributed by atoms with Crippen LogP contribution < -0.4 is 11.2 Å². The standard InChI is InChI=1S/C12H12Cl2N2O5/c1-6(17)8-9(19)12(14,3-4-13)10(21-8)16-5-2-7(18)15-11(16)20/h2,5-6,8-10,17,19H,1H3,(H,15,18,20)/t6-,8-,9+,10-,12?/m1/s1. The molecule has 2 rings (SSSR count). The molecule has 1 fully saturated rings. The Morgan fingerprint density at radius 2 is 2.24 bits per heavy atom. The van der Waals surface area contributed by atoms with Crippen LogP contribution in [0.2, 0.25) is 0 Å². The Hall–Kier alpha value is -1.30. The van der Waals surface area contributed by atoms with Crippen molar-refractivity contribution < 1.29 is 14.9 Å². The zero-order valence-electron chi connectivity index (χ0n) is 10.8. The van der Waals surface area contributed by atoms with Gasteiger partial charge in [-0.2, -0.15) is 0 Å². The lowest BCUT2D eigenvalue weighted by Gasteiger charge is -2.25. The molecule has 3 N–H and O–H groups in total. The van der Waals surface area contributed by atoms with Crippen LogP contribution in [0.25, 0.3) is 0 Å². The number of alkyl halides is 1. The molecule has 21 heavy (non-hydrogen) atoms. The lowest BCUT2D eigenvalue weighted by molar-refractivity contribution is -0.0773. The van der Waals surface area contributed by atoms with Crippen molar-refractivity contribution >= 4 is 23.2 Å². The minimum atomic E-state index is -1.74. The van der Waals surface area contributed by atoms with Crippen molar-refractivity contribution in [2.75, 3.05) is 0 Å². The Bertz CT molecular complexity index is 704. The van der Waals surface area contributed by atoms with Gasteiger partial charge in [0.25, 0.3) is 5.56 Å². The summed E-state index contributed by atoms with van der Waals surface area (Å²) in [6.45, 7) is 1.40. The number of aromatic nitrogens is 2. The minimum Gasteiger partial charge on any atom is -0.391 e. The second kappa shape index (κ2) is 5.83. The fraction of sp³-hybridized carbons (Fsp3) is 0.500. The number of rotatable bonds is 2. The van der Waals surface area contributed by atoms with Crippen LogP contribution in [0.5, 0.6) is 0 Å². The van der Waals surface area contributed by atoms with Crippen LogP contribution in [0.4, 0.5) is 0 Å². The van der Waals surface area contributed by atoms with E-state index in [1.807, 2.05) is 4.98 Å². The topological polar surface area (TPSA) is 105 Å². The van der Waals surface area contributed by atoms with E-state index in [1.165, 1.54) is 6.92 Å². The monoisotopic (exact) mass is 334 g/mol. The van der Waals surface area contributed by atoms with Gasteiger partial charge < -0.3 is 14.9 Å². The molecule has 0 spiro atoms.